The molecule has 4 aliphatic heterocycles. The topological polar surface area (TPSA) is 78.4 Å². The predicted octanol–water partition coefficient (Wildman–Crippen LogP) is 4.06. The average molecular weight is 422 g/mol. The van der Waals surface area contributed by atoms with Crippen LogP contribution in [0.4, 0.5) is 0 Å². The molecule has 5 rings (SSSR count). The van der Waals surface area contributed by atoms with Crippen molar-refractivity contribution in [3.8, 4) is 5.75 Å². The Morgan fingerprint density at radius 2 is 2.06 bits per heavy atom. The molecule has 1 saturated heterocycles. The van der Waals surface area contributed by atoms with Gasteiger partial charge in [-0.15, -0.1) is 0 Å². The van der Waals surface area contributed by atoms with Crippen LogP contribution in [0.25, 0.3) is 5.57 Å². The van der Waals surface area contributed by atoms with E-state index in [1.54, 1.807) is 0 Å². The first-order valence-corrected chi connectivity index (χ1v) is 11.2. The molecule has 164 valence electrons. The lowest BCUT2D eigenvalue weighted by molar-refractivity contribution is -0.219. The molecule has 1 aromatic rings. The summed E-state index contributed by atoms with van der Waals surface area (Å²) in [6.07, 6.45) is 10.1. The standard InChI is InChI=1S/C25H31N3O3/c1-16(2)9-22-24(13-29-14-24)25(15-30-23(26)28-25)20-11-18(6-7-21(20)31-22)19-10-17(3)5-4-8-27-12-19/h4,6-8,10-12,16-17,22H,5,9,13-15H2,1-3H3,(H2,26,28). The molecule has 3 unspecified atom stereocenters. The number of ether oxygens (including phenoxy) is 3. The van der Waals surface area contributed by atoms with Gasteiger partial charge in [0.05, 0.1) is 18.6 Å². The molecule has 2 spiro atoms. The summed E-state index contributed by atoms with van der Waals surface area (Å²) < 4.78 is 18.2. The van der Waals surface area contributed by atoms with Crippen molar-refractivity contribution in [3.05, 3.63) is 47.7 Å². The number of allylic oxidation sites excluding steroid dienone is 3. The van der Waals surface area contributed by atoms with Gasteiger partial charge in [-0.25, -0.2) is 4.99 Å². The van der Waals surface area contributed by atoms with Crippen LogP contribution in [0.1, 0.15) is 44.7 Å². The number of aliphatic imine (C=N–C) groups is 2. The lowest BCUT2D eigenvalue weighted by Gasteiger charge is -2.58. The maximum absolute atomic E-state index is 6.62. The first kappa shape index (κ1) is 20.3. The molecule has 3 atom stereocenters. The summed E-state index contributed by atoms with van der Waals surface area (Å²) in [7, 11) is 0. The number of rotatable bonds is 3. The highest BCUT2D eigenvalue weighted by Gasteiger charge is 2.67. The molecule has 1 aromatic carbocycles. The molecular formula is C25H31N3O3. The molecule has 4 heterocycles. The van der Waals surface area contributed by atoms with Gasteiger partial charge in [-0.3, -0.25) is 4.99 Å². The number of nitrogens with two attached hydrogens (primary N) is 1. The minimum Gasteiger partial charge on any atom is -0.489 e. The molecule has 0 aromatic heterocycles. The smallest absolute Gasteiger partial charge is 0.283 e. The Morgan fingerprint density at radius 3 is 2.74 bits per heavy atom. The molecule has 2 N–H and O–H groups in total. The Hall–Kier alpha value is -2.60. The number of hydrogen-bond donors (Lipinski definition) is 1. The fourth-order valence-electron chi connectivity index (χ4n) is 5.26. The first-order chi connectivity index (χ1) is 14.9. The van der Waals surface area contributed by atoms with Crippen molar-refractivity contribution in [2.45, 2.75) is 45.3 Å². The molecule has 0 amide bonds. The van der Waals surface area contributed by atoms with Crippen LogP contribution < -0.4 is 10.5 Å². The summed E-state index contributed by atoms with van der Waals surface area (Å²) in [4.78, 5) is 9.38. The zero-order valence-corrected chi connectivity index (χ0v) is 18.5. The second-order valence-electron chi connectivity index (χ2n) is 9.69. The van der Waals surface area contributed by atoms with Crippen molar-refractivity contribution < 1.29 is 14.2 Å². The fraction of sp³-hybridized carbons (Fsp3) is 0.520. The normalized spacial score (nSPS) is 30.7. The van der Waals surface area contributed by atoms with Crippen LogP contribution in [0.5, 0.6) is 5.75 Å². The van der Waals surface area contributed by atoms with E-state index in [1.165, 1.54) is 0 Å². The Morgan fingerprint density at radius 1 is 1.23 bits per heavy atom. The van der Waals surface area contributed by atoms with Crippen LogP contribution in [0.2, 0.25) is 0 Å². The van der Waals surface area contributed by atoms with Crippen LogP contribution in [0, 0.1) is 17.3 Å². The van der Waals surface area contributed by atoms with Gasteiger partial charge in [-0.2, -0.15) is 0 Å². The minimum absolute atomic E-state index is 0.00480. The van der Waals surface area contributed by atoms with Gasteiger partial charge < -0.3 is 19.9 Å². The third-order valence-corrected chi connectivity index (χ3v) is 6.98. The molecule has 31 heavy (non-hydrogen) atoms. The van der Waals surface area contributed by atoms with Gasteiger partial charge in [0.1, 0.15) is 24.0 Å². The molecule has 6 nitrogen and oxygen atoms in total. The molecule has 4 aliphatic rings. The third-order valence-electron chi connectivity index (χ3n) is 6.98. The zero-order valence-electron chi connectivity index (χ0n) is 18.5. The predicted molar refractivity (Wildman–Crippen MR) is 122 cm³/mol. The molecule has 6 heteroatoms. The lowest BCUT2D eigenvalue weighted by Crippen LogP contribution is -2.67. The molecule has 0 saturated carbocycles. The van der Waals surface area contributed by atoms with E-state index in [4.69, 9.17) is 24.9 Å². The largest absolute Gasteiger partial charge is 0.489 e. The van der Waals surface area contributed by atoms with Gasteiger partial charge in [0.2, 0.25) is 0 Å². The second-order valence-corrected chi connectivity index (χ2v) is 9.69. The fourth-order valence-corrected chi connectivity index (χ4v) is 5.26. The highest BCUT2D eigenvalue weighted by atomic mass is 16.5. The SMILES string of the molecule is CC(C)CC1Oc2ccc(C3=CC(C)CC=CN=C3)cc2C2(COC(N)=N2)C12COC2. The Balaban J connectivity index is 1.65. The first-order valence-electron chi connectivity index (χ1n) is 11.2. The maximum Gasteiger partial charge on any atom is 0.283 e. The monoisotopic (exact) mass is 421 g/mol. The average Bonchev–Trinajstić information content (AvgIpc) is 3.05. The Kier molecular flexibility index (Phi) is 4.93. The van der Waals surface area contributed by atoms with Gasteiger partial charge in [0, 0.05) is 18.0 Å². The summed E-state index contributed by atoms with van der Waals surface area (Å²) in [5, 5.41) is 0. The van der Waals surface area contributed by atoms with E-state index in [0.29, 0.717) is 31.7 Å². The van der Waals surface area contributed by atoms with E-state index in [0.717, 1.165) is 35.3 Å². The molecular weight excluding hydrogens is 390 g/mol. The number of benzene rings is 1. The van der Waals surface area contributed by atoms with Crippen LogP contribution in [-0.2, 0) is 15.0 Å². The van der Waals surface area contributed by atoms with E-state index in [-0.39, 0.29) is 17.5 Å². The Bertz CT molecular complexity index is 990. The second kappa shape index (κ2) is 7.52. The molecule has 0 bridgehead atoms. The summed E-state index contributed by atoms with van der Waals surface area (Å²) in [6, 6.07) is 6.64. The number of fused-ring (bicyclic) bond motifs is 3. The van der Waals surface area contributed by atoms with Crippen LogP contribution in [-0.4, -0.2) is 38.2 Å². The molecule has 0 radical (unpaired) electrons. The van der Waals surface area contributed by atoms with Crippen molar-refractivity contribution in [1.29, 1.82) is 0 Å². The lowest BCUT2D eigenvalue weighted by atomic mass is 9.59. The molecule has 0 aliphatic carbocycles. The summed E-state index contributed by atoms with van der Waals surface area (Å²) in [6.45, 7) is 8.28. The van der Waals surface area contributed by atoms with Gasteiger partial charge >= 0.3 is 0 Å². The van der Waals surface area contributed by atoms with Gasteiger partial charge in [0.25, 0.3) is 6.02 Å². The summed E-state index contributed by atoms with van der Waals surface area (Å²) in [5.41, 5.74) is 8.46. The van der Waals surface area contributed by atoms with E-state index in [1.807, 2.05) is 12.4 Å². The maximum atomic E-state index is 6.62. The van der Waals surface area contributed by atoms with Gasteiger partial charge in [0.15, 0.2) is 0 Å². The van der Waals surface area contributed by atoms with E-state index < -0.39 is 5.54 Å². The van der Waals surface area contributed by atoms with Crippen molar-refractivity contribution in [2.75, 3.05) is 19.8 Å². The van der Waals surface area contributed by atoms with Crippen LogP contribution in [0.15, 0.2) is 46.5 Å². The number of amidine groups is 1. The minimum atomic E-state index is -0.594. The van der Waals surface area contributed by atoms with Crippen molar-refractivity contribution in [3.63, 3.8) is 0 Å². The van der Waals surface area contributed by atoms with E-state index in [2.05, 4.69) is 56.1 Å². The number of nitrogens with zero attached hydrogens (tertiary/aromatic N) is 2. The van der Waals surface area contributed by atoms with Gasteiger partial charge in [-0.05, 0) is 47.9 Å². The number of hydrogen-bond acceptors (Lipinski definition) is 6. The quantitative estimate of drug-likeness (QED) is 0.798. The highest BCUT2D eigenvalue weighted by Crippen LogP contribution is 2.59. The van der Waals surface area contributed by atoms with Crippen LogP contribution >= 0.6 is 0 Å². The van der Waals surface area contributed by atoms with E-state index >= 15 is 0 Å². The van der Waals surface area contributed by atoms with Gasteiger partial charge in [-0.1, -0.05) is 39.0 Å². The van der Waals surface area contributed by atoms with E-state index in [9.17, 15) is 0 Å². The van der Waals surface area contributed by atoms with Crippen molar-refractivity contribution in [2.24, 2.45) is 33.0 Å². The van der Waals surface area contributed by atoms with Crippen LogP contribution in [0.3, 0.4) is 0 Å². The zero-order chi connectivity index (χ0) is 21.6. The summed E-state index contributed by atoms with van der Waals surface area (Å²) in [5.74, 6) is 1.80. The van der Waals surface area contributed by atoms with Crippen molar-refractivity contribution in [1.82, 2.24) is 0 Å². The van der Waals surface area contributed by atoms with Crippen molar-refractivity contribution >= 4 is 17.8 Å². The summed E-state index contributed by atoms with van der Waals surface area (Å²) >= 11 is 0. The Labute approximate surface area is 183 Å². The third kappa shape index (κ3) is 3.19. The highest BCUT2D eigenvalue weighted by molar-refractivity contribution is 6.10. The molecule has 1 fully saturated rings.